The molecule has 0 aliphatic heterocycles. The molecule has 0 amide bonds. The van der Waals surface area contributed by atoms with Crippen LogP contribution in [-0.4, -0.2) is 39.5 Å². The Morgan fingerprint density at radius 2 is 1.79 bits per heavy atom. The standard InChI is InChI=1S/C19H20N8O2/c1-12-6-5-7-16(27-19(28)25(4)23-24-27)15(12)11-29-17-8-9-26(22-17)18-20-13(2)10-14(3)21-18/h5-10H,11H2,1-4H3. The Bertz CT molecular complexity index is 1220. The molecule has 29 heavy (non-hydrogen) atoms. The number of hydrogen-bond acceptors (Lipinski definition) is 7. The number of rotatable bonds is 5. The molecule has 0 fully saturated rings. The second-order valence-electron chi connectivity index (χ2n) is 6.71. The zero-order chi connectivity index (χ0) is 20.5. The molecular weight excluding hydrogens is 372 g/mol. The van der Waals surface area contributed by atoms with Gasteiger partial charge in [-0.3, -0.25) is 0 Å². The van der Waals surface area contributed by atoms with Crippen LogP contribution in [-0.2, 0) is 13.7 Å². The van der Waals surface area contributed by atoms with Crippen LogP contribution in [0.2, 0.25) is 0 Å². The maximum Gasteiger partial charge on any atom is 0.368 e. The number of hydrogen-bond donors (Lipinski definition) is 0. The molecule has 10 nitrogen and oxygen atoms in total. The minimum atomic E-state index is -0.326. The van der Waals surface area contributed by atoms with Crippen molar-refractivity contribution in [2.45, 2.75) is 27.4 Å². The summed E-state index contributed by atoms with van der Waals surface area (Å²) in [6, 6.07) is 9.27. The summed E-state index contributed by atoms with van der Waals surface area (Å²) in [5.41, 5.74) is 3.83. The van der Waals surface area contributed by atoms with Crippen molar-refractivity contribution >= 4 is 0 Å². The number of benzene rings is 1. The molecule has 4 aromatic rings. The van der Waals surface area contributed by atoms with E-state index in [0.29, 0.717) is 17.5 Å². The van der Waals surface area contributed by atoms with Crippen LogP contribution in [0.5, 0.6) is 5.88 Å². The van der Waals surface area contributed by atoms with Crippen LogP contribution in [0.15, 0.2) is 41.3 Å². The average molecular weight is 392 g/mol. The van der Waals surface area contributed by atoms with Gasteiger partial charge in [-0.05, 0) is 48.9 Å². The SMILES string of the molecule is Cc1cc(C)nc(-n2ccc(OCc3c(C)cccc3-n3nnn(C)c3=O)n2)n1. The Balaban J connectivity index is 1.60. The zero-order valence-corrected chi connectivity index (χ0v) is 16.6. The zero-order valence-electron chi connectivity index (χ0n) is 16.6. The monoisotopic (exact) mass is 392 g/mol. The van der Waals surface area contributed by atoms with Gasteiger partial charge in [-0.1, -0.05) is 12.1 Å². The largest absolute Gasteiger partial charge is 0.472 e. The van der Waals surface area contributed by atoms with Crippen LogP contribution in [0.3, 0.4) is 0 Å². The number of ether oxygens (including phenoxy) is 1. The van der Waals surface area contributed by atoms with E-state index in [-0.39, 0.29) is 12.3 Å². The number of nitrogens with zero attached hydrogens (tertiary/aromatic N) is 8. The Kier molecular flexibility index (Phi) is 4.67. The lowest BCUT2D eigenvalue weighted by atomic mass is 10.1. The van der Waals surface area contributed by atoms with Crippen LogP contribution in [0.25, 0.3) is 11.6 Å². The second kappa shape index (κ2) is 7.30. The lowest BCUT2D eigenvalue weighted by Crippen LogP contribution is -2.23. The van der Waals surface area contributed by atoms with Crippen LogP contribution in [0.1, 0.15) is 22.5 Å². The van der Waals surface area contributed by atoms with E-state index >= 15 is 0 Å². The van der Waals surface area contributed by atoms with E-state index in [4.69, 9.17) is 4.74 Å². The number of tetrazole rings is 1. The third-order valence-electron chi connectivity index (χ3n) is 4.44. The van der Waals surface area contributed by atoms with Crippen molar-refractivity contribution in [3.63, 3.8) is 0 Å². The average Bonchev–Trinajstić information content (AvgIpc) is 3.27. The quantitative estimate of drug-likeness (QED) is 0.506. The summed E-state index contributed by atoms with van der Waals surface area (Å²) >= 11 is 0. The number of aromatic nitrogens is 8. The summed E-state index contributed by atoms with van der Waals surface area (Å²) < 4.78 is 9.89. The molecule has 0 unspecified atom stereocenters. The van der Waals surface area contributed by atoms with E-state index in [1.54, 1.807) is 24.0 Å². The molecule has 0 radical (unpaired) electrons. The summed E-state index contributed by atoms with van der Waals surface area (Å²) in [5.74, 6) is 0.911. The Morgan fingerprint density at radius 1 is 1.03 bits per heavy atom. The van der Waals surface area contributed by atoms with Crippen molar-refractivity contribution < 1.29 is 4.74 Å². The van der Waals surface area contributed by atoms with Gasteiger partial charge in [-0.25, -0.2) is 19.4 Å². The van der Waals surface area contributed by atoms with Gasteiger partial charge in [0.05, 0.1) is 5.69 Å². The Labute approximate surface area is 166 Å². The van der Waals surface area contributed by atoms with Gasteiger partial charge < -0.3 is 4.74 Å². The predicted molar refractivity (Wildman–Crippen MR) is 104 cm³/mol. The number of aryl methyl sites for hydroxylation is 4. The van der Waals surface area contributed by atoms with Gasteiger partial charge in [0.25, 0.3) is 5.95 Å². The fourth-order valence-electron chi connectivity index (χ4n) is 2.99. The van der Waals surface area contributed by atoms with Crippen LogP contribution in [0.4, 0.5) is 0 Å². The maximum absolute atomic E-state index is 12.3. The van der Waals surface area contributed by atoms with Gasteiger partial charge in [0.2, 0.25) is 5.88 Å². The van der Waals surface area contributed by atoms with Crippen molar-refractivity contribution in [3.05, 3.63) is 69.5 Å². The van der Waals surface area contributed by atoms with Crippen molar-refractivity contribution in [1.29, 1.82) is 0 Å². The minimum Gasteiger partial charge on any atom is -0.472 e. The Morgan fingerprint density at radius 3 is 2.48 bits per heavy atom. The van der Waals surface area contributed by atoms with E-state index in [1.165, 1.54) is 9.36 Å². The van der Waals surface area contributed by atoms with Crippen molar-refractivity contribution in [2.75, 3.05) is 0 Å². The van der Waals surface area contributed by atoms with Gasteiger partial charge >= 0.3 is 5.69 Å². The summed E-state index contributed by atoms with van der Waals surface area (Å²) in [6.45, 7) is 5.99. The molecule has 148 valence electrons. The fourth-order valence-corrected chi connectivity index (χ4v) is 2.99. The summed E-state index contributed by atoms with van der Waals surface area (Å²) in [4.78, 5) is 21.0. The molecule has 0 aliphatic carbocycles. The van der Waals surface area contributed by atoms with E-state index in [9.17, 15) is 4.79 Å². The van der Waals surface area contributed by atoms with Crippen molar-refractivity contribution in [3.8, 4) is 17.5 Å². The minimum absolute atomic E-state index is 0.218. The molecule has 1 aromatic carbocycles. The highest BCUT2D eigenvalue weighted by Crippen LogP contribution is 2.19. The molecule has 10 heteroatoms. The molecular formula is C19H20N8O2. The lowest BCUT2D eigenvalue weighted by Gasteiger charge is -2.11. The molecule has 0 saturated heterocycles. The molecule has 3 heterocycles. The summed E-state index contributed by atoms with van der Waals surface area (Å²) in [7, 11) is 1.56. The van der Waals surface area contributed by atoms with E-state index < -0.39 is 0 Å². The first-order chi connectivity index (χ1) is 13.9. The molecule has 3 aromatic heterocycles. The highest BCUT2D eigenvalue weighted by molar-refractivity contribution is 5.44. The van der Waals surface area contributed by atoms with Gasteiger partial charge in [0.1, 0.15) is 6.61 Å². The third kappa shape index (κ3) is 3.64. The topological polar surface area (TPSA) is 106 Å². The van der Waals surface area contributed by atoms with Gasteiger partial charge in [0, 0.05) is 36.3 Å². The third-order valence-corrected chi connectivity index (χ3v) is 4.44. The Hall–Kier alpha value is -3.82. The molecule has 0 atom stereocenters. The predicted octanol–water partition coefficient (Wildman–Crippen LogP) is 1.45. The van der Waals surface area contributed by atoms with E-state index in [1.807, 2.05) is 45.0 Å². The highest BCUT2D eigenvalue weighted by atomic mass is 16.5. The van der Waals surface area contributed by atoms with Crippen molar-refractivity contribution in [2.24, 2.45) is 7.05 Å². The molecule has 0 bridgehead atoms. The highest BCUT2D eigenvalue weighted by Gasteiger charge is 2.14. The maximum atomic E-state index is 12.3. The van der Waals surface area contributed by atoms with Gasteiger partial charge in [-0.15, -0.1) is 5.10 Å². The fraction of sp³-hybridized carbons (Fsp3) is 0.263. The first-order valence-electron chi connectivity index (χ1n) is 9.01. The van der Waals surface area contributed by atoms with Gasteiger partial charge in [0.15, 0.2) is 0 Å². The van der Waals surface area contributed by atoms with E-state index in [0.717, 1.165) is 22.5 Å². The first kappa shape index (κ1) is 18.5. The lowest BCUT2D eigenvalue weighted by molar-refractivity contribution is 0.290. The molecule has 4 rings (SSSR count). The van der Waals surface area contributed by atoms with Crippen molar-refractivity contribution in [1.82, 2.24) is 39.5 Å². The van der Waals surface area contributed by atoms with Gasteiger partial charge in [-0.2, -0.15) is 9.36 Å². The molecule has 0 N–H and O–H groups in total. The molecule has 0 spiro atoms. The van der Waals surface area contributed by atoms with Crippen LogP contribution in [0, 0.1) is 20.8 Å². The molecule has 0 saturated carbocycles. The van der Waals surface area contributed by atoms with Crippen LogP contribution < -0.4 is 10.4 Å². The molecule has 0 aliphatic rings. The summed E-state index contributed by atoms with van der Waals surface area (Å²) in [5, 5.41) is 12.1. The second-order valence-corrected chi connectivity index (χ2v) is 6.71. The first-order valence-corrected chi connectivity index (χ1v) is 9.01. The summed E-state index contributed by atoms with van der Waals surface area (Å²) in [6.07, 6.45) is 1.75. The van der Waals surface area contributed by atoms with Crippen LogP contribution >= 0.6 is 0 Å². The normalized spacial score (nSPS) is 11.0. The smallest absolute Gasteiger partial charge is 0.368 e. The van der Waals surface area contributed by atoms with E-state index in [2.05, 4.69) is 25.5 Å².